The van der Waals surface area contributed by atoms with Gasteiger partial charge >= 0.3 is 5.97 Å². The molecule has 1 amide bonds. The van der Waals surface area contributed by atoms with E-state index in [0.717, 1.165) is 5.56 Å². The van der Waals surface area contributed by atoms with E-state index in [2.05, 4.69) is 5.32 Å². The first-order chi connectivity index (χ1) is 14.0. The molecule has 0 radical (unpaired) electrons. The lowest BCUT2D eigenvalue weighted by atomic mass is 10.2. The molecule has 148 valence electrons. The number of halogens is 1. The summed E-state index contributed by atoms with van der Waals surface area (Å²) in [5.74, 6) is -0.916. The highest BCUT2D eigenvalue weighted by Crippen LogP contribution is 2.16. The van der Waals surface area contributed by atoms with Crippen molar-refractivity contribution in [1.82, 2.24) is 0 Å². The highest BCUT2D eigenvalue weighted by molar-refractivity contribution is 5.97. The van der Waals surface area contributed by atoms with Gasteiger partial charge in [-0.05, 0) is 61.0 Å². The summed E-state index contributed by atoms with van der Waals surface area (Å²) in [6.07, 6.45) is -1.01. The van der Waals surface area contributed by atoms with Crippen LogP contribution in [0.1, 0.15) is 22.8 Å². The zero-order chi connectivity index (χ0) is 20.6. The lowest BCUT2D eigenvalue weighted by Crippen LogP contribution is -2.30. The number of carbonyl (C=O) groups excluding carboxylic acids is 2. The molecule has 0 saturated heterocycles. The zero-order valence-electron chi connectivity index (χ0n) is 15.8. The number of nitrogens with one attached hydrogen (secondary N) is 1. The second kappa shape index (κ2) is 9.50. The van der Waals surface area contributed by atoms with Gasteiger partial charge in [-0.1, -0.05) is 30.3 Å². The van der Waals surface area contributed by atoms with Gasteiger partial charge in [0.05, 0.1) is 5.56 Å². The molecule has 6 heteroatoms. The topological polar surface area (TPSA) is 64.6 Å². The largest absolute Gasteiger partial charge is 0.489 e. The third-order valence-electron chi connectivity index (χ3n) is 4.10. The fraction of sp³-hybridized carbons (Fsp3) is 0.130. The van der Waals surface area contributed by atoms with Crippen LogP contribution >= 0.6 is 0 Å². The third kappa shape index (κ3) is 5.90. The van der Waals surface area contributed by atoms with E-state index >= 15 is 0 Å². The van der Waals surface area contributed by atoms with Crippen LogP contribution in [0.5, 0.6) is 5.75 Å². The maximum atomic E-state index is 12.9. The Labute approximate surface area is 168 Å². The van der Waals surface area contributed by atoms with Crippen molar-refractivity contribution >= 4 is 17.6 Å². The molecule has 3 aromatic carbocycles. The maximum absolute atomic E-state index is 12.9. The van der Waals surface area contributed by atoms with E-state index in [0.29, 0.717) is 23.6 Å². The van der Waals surface area contributed by atoms with Crippen molar-refractivity contribution in [3.63, 3.8) is 0 Å². The highest BCUT2D eigenvalue weighted by atomic mass is 19.1. The lowest BCUT2D eigenvalue weighted by Gasteiger charge is -2.14. The smallest absolute Gasteiger partial charge is 0.338 e. The van der Waals surface area contributed by atoms with Crippen LogP contribution in [0, 0.1) is 5.82 Å². The molecule has 0 saturated carbocycles. The van der Waals surface area contributed by atoms with Crippen LogP contribution in [0.3, 0.4) is 0 Å². The van der Waals surface area contributed by atoms with Crippen molar-refractivity contribution < 1.29 is 23.5 Å². The normalized spacial score (nSPS) is 11.4. The molecule has 0 aromatic heterocycles. The summed E-state index contributed by atoms with van der Waals surface area (Å²) >= 11 is 0. The summed E-state index contributed by atoms with van der Waals surface area (Å²) in [5, 5.41) is 2.56. The molecular formula is C23H20FNO4. The molecule has 0 aliphatic carbocycles. The minimum Gasteiger partial charge on any atom is -0.489 e. The molecule has 0 fully saturated rings. The molecule has 0 heterocycles. The molecule has 1 atom stereocenters. The van der Waals surface area contributed by atoms with Crippen LogP contribution in [-0.2, 0) is 16.1 Å². The first-order valence-corrected chi connectivity index (χ1v) is 9.05. The molecule has 3 aromatic rings. The van der Waals surface area contributed by atoms with E-state index in [1.807, 2.05) is 30.3 Å². The van der Waals surface area contributed by atoms with Gasteiger partial charge in [0.1, 0.15) is 18.2 Å². The Balaban J connectivity index is 1.51. The van der Waals surface area contributed by atoms with E-state index in [1.165, 1.54) is 31.2 Å². The Morgan fingerprint density at radius 3 is 2.24 bits per heavy atom. The van der Waals surface area contributed by atoms with Gasteiger partial charge in [-0.3, -0.25) is 4.79 Å². The molecule has 0 bridgehead atoms. The summed E-state index contributed by atoms with van der Waals surface area (Å²) in [6.45, 7) is 1.89. The summed E-state index contributed by atoms with van der Waals surface area (Å²) < 4.78 is 23.8. The van der Waals surface area contributed by atoms with Gasteiger partial charge in [-0.2, -0.15) is 0 Å². The van der Waals surface area contributed by atoms with Gasteiger partial charge in [0, 0.05) is 5.69 Å². The molecule has 1 unspecified atom stereocenters. The number of hydrogen-bond acceptors (Lipinski definition) is 4. The van der Waals surface area contributed by atoms with Gasteiger partial charge < -0.3 is 14.8 Å². The minimum atomic E-state index is -1.01. The Morgan fingerprint density at radius 1 is 0.931 bits per heavy atom. The van der Waals surface area contributed by atoms with E-state index < -0.39 is 23.8 Å². The van der Waals surface area contributed by atoms with Crippen molar-refractivity contribution in [2.45, 2.75) is 19.6 Å². The molecule has 29 heavy (non-hydrogen) atoms. The Bertz CT molecular complexity index is 956. The fourth-order valence-corrected chi connectivity index (χ4v) is 2.49. The van der Waals surface area contributed by atoms with Crippen LogP contribution in [0.15, 0.2) is 78.9 Å². The van der Waals surface area contributed by atoms with E-state index in [9.17, 15) is 14.0 Å². The highest BCUT2D eigenvalue weighted by Gasteiger charge is 2.19. The number of ether oxygens (including phenoxy) is 2. The summed E-state index contributed by atoms with van der Waals surface area (Å²) in [6, 6.07) is 21.5. The molecule has 5 nitrogen and oxygen atoms in total. The average molecular weight is 393 g/mol. The number of hydrogen-bond donors (Lipinski definition) is 1. The van der Waals surface area contributed by atoms with Crippen molar-refractivity contribution in [2.24, 2.45) is 0 Å². The Hall–Kier alpha value is -3.67. The van der Waals surface area contributed by atoms with Gasteiger partial charge in [-0.25, -0.2) is 9.18 Å². The van der Waals surface area contributed by atoms with E-state index in [1.54, 1.807) is 24.3 Å². The summed E-state index contributed by atoms with van der Waals surface area (Å²) in [5.41, 5.74) is 1.76. The van der Waals surface area contributed by atoms with Crippen LogP contribution < -0.4 is 10.1 Å². The molecule has 0 aliphatic heterocycles. The number of amides is 1. The summed E-state index contributed by atoms with van der Waals surface area (Å²) in [7, 11) is 0. The Kier molecular flexibility index (Phi) is 6.58. The van der Waals surface area contributed by atoms with E-state index in [-0.39, 0.29) is 0 Å². The fourth-order valence-electron chi connectivity index (χ4n) is 2.49. The third-order valence-corrected chi connectivity index (χ3v) is 4.10. The van der Waals surface area contributed by atoms with Crippen LogP contribution in [0.25, 0.3) is 0 Å². The van der Waals surface area contributed by atoms with Crippen LogP contribution in [0.4, 0.5) is 10.1 Å². The molecule has 0 aliphatic rings. The number of benzene rings is 3. The number of rotatable bonds is 7. The molecular weight excluding hydrogens is 373 g/mol. The predicted octanol–water partition coefficient (Wildman–Crippen LogP) is 4.59. The summed E-state index contributed by atoms with van der Waals surface area (Å²) in [4.78, 5) is 24.4. The van der Waals surface area contributed by atoms with Crippen molar-refractivity contribution in [3.8, 4) is 5.75 Å². The number of carbonyl (C=O) groups is 2. The first kappa shape index (κ1) is 20.1. The van der Waals surface area contributed by atoms with Crippen molar-refractivity contribution in [1.29, 1.82) is 0 Å². The molecule has 1 N–H and O–H groups in total. The number of anilines is 1. The second-order valence-corrected chi connectivity index (χ2v) is 6.34. The zero-order valence-corrected chi connectivity index (χ0v) is 15.8. The standard InChI is InChI=1S/C23H20FNO4/c1-16(22(26)25-20-11-9-19(24)10-12-20)29-23(27)18-7-13-21(14-8-18)28-15-17-5-3-2-4-6-17/h2-14,16H,15H2,1H3,(H,25,26). The predicted molar refractivity (Wildman–Crippen MR) is 107 cm³/mol. The minimum absolute atomic E-state index is 0.304. The van der Waals surface area contributed by atoms with Crippen LogP contribution in [0.2, 0.25) is 0 Å². The monoisotopic (exact) mass is 393 g/mol. The van der Waals surface area contributed by atoms with Gasteiger partial charge in [0.25, 0.3) is 5.91 Å². The first-order valence-electron chi connectivity index (χ1n) is 9.05. The molecule has 3 rings (SSSR count). The SMILES string of the molecule is CC(OC(=O)c1ccc(OCc2ccccc2)cc1)C(=O)Nc1ccc(F)cc1. The van der Waals surface area contributed by atoms with E-state index in [4.69, 9.17) is 9.47 Å². The van der Waals surface area contributed by atoms with Crippen molar-refractivity contribution in [2.75, 3.05) is 5.32 Å². The lowest BCUT2D eigenvalue weighted by molar-refractivity contribution is -0.123. The van der Waals surface area contributed by atoms with Gasteiger partial charge in [0.2, 0.25) is 0 Å². The van der Waals surface area contributed by atoms with Gasteiger partial charge in [0.15, 0.2) is 6.10 Å². The number of esters is 1. The average Bonchev–Trinajstić information content (AvgIpc) is 2.75. The maximum Gasteiger partial charge on any atom is 0.338 e. The quantitative estimate of drug-likeness (QED) is 0.597. The second-order valence-electron chi connectivity index (χ2n) is 6.34. The van der Waals surface area contributed by atoms with Crippen LogP contribution in [-0.4, -0.2) is 18.0 Å². The van der Waals surface area contributed by atoms with Gasteiger partial charge in [-0.15, -0.1) is 0 Å². The molecule has 0 spiro atoms. The van der Waals surface area contributed by atoms with Crippen molar-refractivity contribution in [3.05, 3.63) is 95.8 Å². The Morgan fingerprint density at radius 2 is 1.59 bits per heavy atom.